The van der Waals surface area contributed by atoms with Gasteiger partial charge in [-0.05, 0) is 54.0 Å². The fraction of sp³-hybridized carbons (Fsp3) is 0.364. The maximum Gasteiger partial charge on any atom is 0.319 e. The average Bonchev–Trinajstić information content (AvgIpc) is 3.36. The van der Waals surface area contributed by atoms with Crippen LogP contribution in [0.2, 0.25) is 5.02 Å². The quantitative estimate of drug-likeness (QED) is 0.180. The molecule has 0 bridgehead atoms. The molecule has 12 heteroatoms. The summed E-state index contributed by atoms with van der Waals surface area (Å²) >= 11 is 6.79. The van der Waals surface area contributed by atoms with Crippen molar-refractivity contribution in [2.24, 2.45) is 0 Å². The first-order valence-electron chi connectivity index (χ1n) is 14.9. The molecule has 4 aromatic rings. The van der Waals surface area contributed by atoms with Gasteiger partial charge < -0.3 is 19.6 Å². The third-order valence-electron chi connectivity index (χ3n) is 8.44. The number of aromatic nitrogens is 2. The van der Waals surface area contributed by atoms with Crippen LogP contribution in [0, 0.1) is 5.82 Å². The molecule has 2 saturated heterocycles. The molecular formula is C33H33ClF3N5O3. The molecule has 6 rings (SSSR count). The van der Waals surface area contributed by atoms with E-state index in [4.69, 9.17) is 16.3 Å². The summed E-state index contributed by atoms with van der Waals surface area (Å²) in [7, 11) is 0. The van der Waals surface area contributed by atoms with Crippen LogP contribution in [0.15, 0.2) is 55.1 Å². The van der Waals surface area contributed by atoms with Crippen molar-refractivity contribution in [3.05, 3.63) is 66.0 Å². The summed E-state index contributed by atoms with van der Waals surface area (Å²) in [5.74, 6) is -3.18. The van der Waals surface area contributed by atoms with Crippen molar-refractivity contribution in [2.75, 3.05) is 50.8 Å². The molecule has 0 aliphatic carbocycles. The average molecular weight is 640 g/mol. The topological polar surface area (TPSA) is 82.0 Å². The number of anilines is 1. The van der Waals surface area contributed by atoms with E-state index >= 15 is 4.39 Å². The van der Waals surface area contributed by atoms with Crippen LogP contribution in [0.25, 0.3) is 32.8 Å². The Morgan fingerprint density at radius 3 is 2.71 bits per heavy atom. The van der Waals surface area contributed by atoms with Crippen LogP contribution in [-0.2, 0) is 4.79 Å². The number of piperazine rings is 1. The lowest BCUT2D eigenvalue weighted by atomic mass is 9.96. The third kappa shape index (κ3) is 6.24. The van der Waals surface area contributed by atoms with Crippen LogP contribution in [0.1, 0.15) is 19.8 Å². The van der Waals surface area contributed by atoms with E-state index in [0.717, 1.165) is 0 Å². The minimum absolute atomic E-state index is 0.0155. The number of hydrogen-bond acceptors (Lipinski definition) is 7. The van der Waals surface area contributed by atoms with Gasteiger partial charge in [-0.2, -0.15) is 9.97 Å². The fourth-order valence-electron chi connectivity index (χ4n) is 6.26. The summed E-state index contributed by atoms with van der Waals surface area (Å²) in [6.07, 6.45) is 1.58. The highest BCUT2D eigenvalue weighted by molar-refractivity contribution is 6.35. The van der Waals surface area contributed by atoms with E-state index in [1.807, 2.05) is 36.1 Å². The van der Waals surface area contributed by atoms with Crippen molar-refractivity contribution < 1.29 is 27.8 Å². The largest absolute Gasteiger partial charge is 0.508 e. The molecule has 2 aliphatic heterocycles. The summed E-state index contributed by atoms with van der Waals surface area (Å²) in [6, 6.07) is 11.7. The monoisotopic (exact) mass is 639 g/mol. The smallest absolute Gasteiger partial charge is 0.319 e. The molecule has 0 radical (unpaired) electrons. The number of benzene rings is 3. The van der Waals surface area contributed by atoms with E-state index in [0.29, 0.717) is 66.7 Å². The lowest BCUT2D eigenvalue weighted by Gasteiger charge is -2.40. The first kappa shape index (κ1) is 30.9. The summed E-state index contributed by atoms with van der Waals surface area (Å²) in [5, 5.41) is 12.4. The second-order valence-electron chi connectivity index (χ2n) is 11.6. The Balaban J connectivity index is 1.39. The second kappa shape index (κ2) is 12.4. The van der Waals surface area contributed by atoms with Gasteiger partial charge in [0.05, 0.1) is 18.2 Å². The number of amides is 1. The number of likely N-dealkylation sites (tertiary alicyclic amines) is 1. The number of carbonyl (C=O) groups excluding carboxylic acids is 1. The highest BCUT2D eigenvalue weighted by Crippen LogP contribution is 2.42. The first-order chi connectivity index (χ1) is 21.5. The van der Waals surface area contributed by atoms with Gasteiger partial charge in [0.1, 0.15) is 17.1 Å². The lowest BCUT2D eigenvalue weighted by molar-refractivity contribution is -0.128. The molecule has 45 heavy (non-hydrogen) atoms. The van der Waals surface area contributed by atoms with Gasteiger partial charge in [0.2, 0.25) is 5.91 Å². The van der Waals surface area contributed by atoms with Crippen molar-refractivity contribution in [3.63, 3.8) is 0 Å². The summed E-state index contributed by atoms with van der Waals surface area (Å²) in [6.45, 7) is 7.33. The number of halogens is 4. The van der Waals surface area contributed by atoms with E-state index in [-0.39, 0.29) is 59.4 Å². The SMILES string of the molecule is C=CC(=O)N1CCN(c2nc(OCCCN3CCC(F)(F)C3)nc3c(F)c(-c4cc(O)cc5ccccc45)c(Cl)cc23)CC1C. The van der Waals surface area contributed by atoms with E-state index in [1.165, 1.54) is 12.1 Å². The second-order valence-corrected chi connectivity index (χ2v) is 12.0. The number of hydrogen-bond donors (Lipinski definition) is 1. The number of phenols is 1. The molecule has 2 aliphatic rings. The zero-order chi connectivity index (χ0) is 31.9. The van der Waals surface area contributed by atoms with E-state index < -0.39 is 11.7 Å². The van der Waals surface area contributed by atoms with E-state index in [2.05, 4.69) is 16.5 Å². The van der Waals surface area contributed by atoms with Gasteiger partial charge in [-0.15, -0.1) is 0 Å². The molecule has 0 saturated carbocycles. The van der Waals surface area contributed by atoms with Gasteiger partial charge >= 0.3 is 6.01 Å². The molecule has 1 N–H and O–H groups in total. The van der Waals surface area contributed by atoms with Gasteiger partial charge in [-0.1, -0.05) is 42.4 Å². The van der Waals surface area contributed by atoms with E-state index in [1.54, 1.807) is 21.9 Å². The molecule has 2 fully saturated rings. The summed E-state index contributed by atoms with van der Waals surface area (Å²) < 4.78 is 49.8. The molecule has 236 valence electrons. The molecule has 3 aromatic carbocycles. The molecular weight excluding hydrogens is 607 g/mol. The molecule has 1 unspecified atom stereocenters. The Hall–Kier alpha value is -4.09. The zero-order valence-corrected chi connectivity index (χ0v) is 25.5. The van der Waals surface area contributed by atoms with Gasteiger partial charge in [0.15, 0.2) is 5.82 Å². The van der Waals surface area contributed by atoms with Crippen molar-refractivity contribution in [1.82, 2.24) is 19.8 Å². The van der Waals surface area contributed by atoms with Crippen molar-refractivity contribution in [1.29, 1.82) is 0 Å². The molecule has 3 heterocycles. The number of fused-ring (bicyclic) bond motifs is 2. The standard InChI is InChI=1S/C33H33ClF3N5O3/c1-3-27(44)42-13-12-41(18-20(42)2)31-25-17-26(34)28(24-16-22(43)15-21-7-4-5-8-23(21)24)29(35)30(25)38-32(39-31)45-14-6-10-40-11-9-33(36,37)19-40/h3-5,7-8,15-17,20,43H,1,6,9-14,18-19H2,2H3. The predicted octanol–water partition coefficient (Wildman–Crippen LogP) is 6.28. The Labute approximate surface area is 263 Å². The van der Waals surface area contributed by atoms with Crippen LogP contribution in [-0.4, -0.2) is 88.6 Å². The van der Waals surface area contributed by atoms with Crippen LogP contribution in [0.5, 0.6) is 11.8 Å². The molecule has 1 atom stereocenters. The number of carbonyl (C=O) groups is 1. The summed E-state index contributed by atoms with van der Waals surface area (Å²) in [4.78, 5) is 26.8. The van der Waals surface area contributed by atoms with Crippen molar-refractivity contribution in [2.45, 2.75) is 31.7 Å². The van der Waals surface area contributed by atoms with E-state index in [9.17, 15) is 18.7 Å². The third-order valence-corrected chi connectivity index (χ3v) is 8.74. The van der Waals surface area contributed by atoms with Gasteiger partial charge in [-0.3, -0.25) is 9.69 Å². The highest BCUT2D eigenvalue weighted by Gasteiger charge is 2.37. The molecule has 8 nitrogen and oxygen atoms in total. The molecule has 0 spiro atoms. The van der Waals surface area contributed by atoms with Crippen LogP contribution in [0.4, 0.5) is 19.0 Å². The normalized spacial score (nSPS) is 18.6. The Bertz CT molecular complexity index is 1790. The Morgan fingerprint density at radius 2 is 1.98 bits per heavy atom. The number of rotatable bonds is 8. The Morgan fingerprint density at radius 1 is 1.18 bits per heavy atom. The summed E-state index contributed by atoms with van der Waals surface area (Å²) in [5.41, 5.74) is 0.472. The number of ether oxygens (including phenoxy) is 1. The maximum absolute atomic E-state index is 16.7. The van der Waals surface area contributed by atoms with Gasteiger partial charge in [0, 0.05) is 56.1 Å². The number of aromatic hydroxyl groups is 1. The maximum atomic E-state index is 16.7. The zero-order valence-electron chi connectivity index (χ0n) is 24.8. The molecule has 1 amide bonds. The van der Waals surface area contributed by atoms with Crippen molar-refractivity contribution >= 4 is 45.0 Å². The minimum Gasteiger partial charge on any atom is -0.508 e. The van der Waals surface area contributed by atoms with Crippen LogP contribution < -0.4 is 9.64 Å². The lowest BCUT2D eigenvalue weighted by Crippen LogP contribution is -2.54. The Kier molecular flexibility index (Phi) is 8.49. The number of nitrogens with zero attached hydrogens (tertiary/aromatic N) is 5. The van der Waals surface area contributed by atoms with Crippen LogP contribution >= 0.6 is 11.6 Å². The molecule has 1 aromatic heterocycles. The number of phenolic OH excluding ortho intramolecular Hbond substituents is 1. The minimum atomic E-state index is -2.67. The number of alkyl halides is 2. The van der Waals surface area contributed by atoms with Gasteiger partial charge in [-0.25, -0.2) is 13.2 Å². The highest BCUT2D eigenvalue weighted by atomic mass is 35.5. The fourth-order valence-corrected chi connectivity index (χ4v) is 6.55. The predicted molar refractivity (Wildman–Crippen MR) is 169 cm³/mol. The van der Waals surface area contributed by atoms with Crippen molar-refractivity contribution in [3.8, 4) is 22.9 Å². The first-order valence-corrected chi connectivity index (χ1v) is 15.3. The van der Waals surface area contributed by atoms with Crippen LogP contribution in [0.3, 0.4) is 0 Å². The van der Waals surface area contributed by atoms with Gasteiger partial charge in [0.25, 0.3) is 5.92 Å².